The maximum Gasteiger partial charge on any atom is 0.331 e. The number of aromatic nitrogens is 2. The Bertz CT molecular complexity index is 618. The van der Waals surface area contributed by atoms with Gasteiger partial charge in [0, 0.05) is 18.4 Å². The van der Waals surface area contributed by atoms with Gasteiger partial charge in [-0.25, -0.2) is 4.79 Å². The van der Waals surface area contributed by atoms with Crippen molar-refractivity contribution in [1.29, 1.82) is 0 Å². The lowest BCUT2D eigenvalue weighted by atomic mass is 9.98. The van der Waals surface area contributed by atoms with Crippen LogP contribution in [0.2, 0.25) is 0 Å². The van der Waals surface area contributed by atoms with E-state index >= 15 is 0 Å². The van der Waals surface area contributed by atoms with Gasteiger partial charge >= 0.3 is 5.97 Å². The molecule has 2 aromatic rings. The average molecular weight is 259 g/mol. The number of nitrogens with one attached hydrogen (secondary N) is 1. The van der Waals surface area contributed by atoms with E-state index in [1.807, 2.05) is 24.3 Å². The van der Waals surface area contributed by atoms with Crippen LogP contribution in [-0.2, 0) is 9.53 Å². The van der Waals surface area contributed by atoms with Crippen molar-refractivity contribution in [2.75, 3.05) is 18.5 Å². The van der Waals surface area contributed by atoms with E-state index in [4.69, 9.17) is 4.74 Å². The van der Waals surface area contributed by atoms with E-state index in [-0.39, 0.29) is 6.61 Å². The van der Waals surface area contributed by atoms with Crippen LogP contribution in [0.15, 0.2) is 30.5 Å². The fraction of sp³-hybridized carbons (Fsp3) is 0.308. The first kappa shape index (κ1) is 11.9. The zero-order chi connectivity index (χ0) is 13.3. The molecule has 1 saturated heterocycles. The van der Waals surface area contributed by atoms with Crippen LogP contribution in [-0.4, -0.2) is 40.0 Å². The Morgan fingerprint density at radius 1 is 1.42 bits per heavy atom. The third kappa shape index (κ3) is 2.00. The van der Waals surface area contributed by atoms with Crippen LogP contribution in [0, 0.1) is 0 Å². The smallest absolute Gasteiger partial charge is 0.331 e. The number of aliphatic carboxylic acids is 1. The highest BCUT2D eigenvalue weighted by molar-refractivity contribution is 5.93. The van der Waals surface area contributed by atoms with Gasteiger partial charge in [0.15, 0.2) is 5.54 Å². The molecule has 1 aromatic carbocycles. The number of benzene rings is 1. The molecule has 1 atom stereocenters. The number of hydrogen-bond donors (Lipinski definition) is 2. The number of carboxylic acid groups (broad SMARTS) is 1. The SMILES string of the molecule is O=C(O)C1(Nc2cnnc3ccccc23)CCOC1. The van der Waals surface area contributed by atoms with Crippen molar-refractivity contribution >= 4 is 22.6 Å². The lowest BCUT2D eigenvalue weighted by molar-refractivity contribution is -0.142. The van der Waals surface area contributed by atoms with E-state index in [1.165, 1.54) is 0 Å². The quantitative estimate of drug-likeness (QED) is 0.864. The Labute approximate surface area is 109 Å². The summed E-state index contributed by atoms with van der Waals surface area (Å²) in [6.45, 7) is 0.592. The first-order valence-electron chi connectivity index (χ1n) is 6.01. The number of ether oxygens (including phenoxy) is 1. The van der Waals surface area contributed by atoms with Crippen molar-refractivity contribution in [1.82, 2.24) is 10.2 Å². The van der Waals surface area contributed by atoms with E-state index in [2.05, 4.69) is 15.5 Å². The molecule has 98 valence electrons. The second kappa shape index (κ2) is 4.47. The molecule has 1 aromatic heterocycles. The summed E-state index contributed by atoms with van der Waals surface area (Å²) in [5.41, 5.74) is 0.316. The molecule has 0 bridgehead atoms. The van der Waals surface area contributed by atoms with Crippen LogP contribution in [0.5, 0.6) is 0 Å². The summed E-state index contributed by atoms with van der Waals surface area (Å²) in [6, 6.07) is 7.48. The van der Waals surface area contributed by atoms with Crippen LogP contribution in [0.25, 0.3) is 10.9 Å². The van der Waals surface area contributed by atoms with Crippen LogP contribution < -0.4 is 5.32 Å². The van der Waals surface area contributed by atoms with E-state index < -0.39 is 11.5 Å². The summed E-state index contributed by atoms with van der Waals surface area (Å²) in [5.74, 6) is -0.911. The molecule has 6 heteroatoms. The van der Waals surface area contributed by atoms with Crippen molar-refractivity contribution in [3.63, 3.8) is 0 Å². The van der Waals surface area contributed by atoms with Gasteiger partial charge in [-0.05, 0) is 6.07 Å². The molecule has 0 radical (unpaired) electrons. The second-order valence-electron chi connectivity index (χ2n) is 4.59. The summed E-state index contributed by atoms with van der Waals surface area (Å²) in [5, 5.41) is 21.3. The molecule has 1 fully saturated rings. The molecule has 1 aliphatic heterocycles. The van der Waals surface area contributed by atoms with Gasteiger partial charge in [0.25, 0.3) is 0 Å². The molecule has 0 amide bonds. The van der Waals surface area contributed by atoms with E-state index in [1.54, 1.807) is 6.20 Å². The van der Waals surface area contributed by atoms with Gasteiger partial charge in [-0.3, -0.25) is 0 Å². The molecule has 0 aliphatic carbocycles. The van der Waals surface area contributed by atoms with Crippen molar-refractivity contribution < 1.29 is 14.6 Å². The normalized spacial score (nSPS) is 22.5. The Kier molecular flexibility index (Phi) is 2.79. The first-order chi connectivity index (χ1) is 9.21. The zero-order valence-corrected chi connectivity index (χ0v) is 10.2. The number of nitrogens with zero attached hydrogens (tertiary/aromatic N) is 2. The van der Waals surface area contributed by atoms with Gasteiger partial charge in [-0.1, -0.05) is 18.2 Å². The highest BCUT2D eigenvalue weighted by Crippen LogP contribution is 2.28. The molecule has 6 nitrogen and oxygen atoms in total. The van der Waals surface area contributed by atoms with Crippen molar-refractivity contribution in [3.05, 3.63) is 30.5 Å². The predicted octanol–water partition coefficient (Wildman–Crippen LogP) is 1.29. The summed E-state index contributed by atoms with van der Waals surface area (Å²) in [7, 11) is 0. The highest BCUT2D eigenvalue weighted by atomic mass is 16.5. The Morgan fingerprint density at radius 3 is 3.00 bits per heavy atom. The lowest BCUT2D eigenvalue weighted by Crippen LogP contribution is -2.47. The number of hydrogen-bond acceptors (Lipinski definition) is 5. The number of rotatable bonds is 3. The van der Waals surface area contributed by atoms with E-state index in [0.717, 1.165) is 10.9 Å². The van der Waals surface area contributed by atoms with Gasteiger partial charge in [-0.15, -0.1) is 0 Å². The van der Waals surface area contributed by atoms with Gasteiger partial charge in [0.1, 0.15) is 0 Å². The minimum absolute atomic E-state index is 0.152. The zero-order valence-electron chi connectivity index (χ0n) is 10.2. The molecule has 0 saturated carbocycles. The molecule has 1 aliphatic rings. The molecule has 0 spiro atoms. The molecule has 3 rings (SSSR count). The first-order valence-corrected chi connectivity index (χ1v) is 6.01. The summed E-state index contributed by atoms with van der Waals surface area (Å²) >= 11 is 0. The number of carbonyl (C=O) groups is 1. The third-order valence-electron chi connectivity index (χ3n) is 3.35. The number of carboxylic acids is 1. The van der Waals surface area contributed by atoms with Crippen LogP contribution >= 0.6 is 0 Å². The van der Waals surface area contributed by atoms with Crippen molar-refractivity contribution in [2.24, 2.45) is 0 Å². The van der Waals surface area contributed by atoms with E-state index in [9.17, 15) is 9.90 Å². The maximum absolute atomic E-state index is 11.5. The van der Waals surface area contributed by atoms with Crippen molar-refractivity contribution in [3.8, 4) is 0 Å². The third-order valence-corrected chi connectivity index (χ3v) is 3.35. The largest absolute Gasteiger partial charge is 0.479 e. The summed E-state index contributed by atoms with van der Waals surface area (Å²) in [6.07, 6.45) is 1.98. The fourth-order valence-corrected chi connectivity index (χ4v) is 2.25. The predicted molar refractivity (Wildman–Crippen MR) is 69.0 cm³/mol. The maximum atomic E-state index is 11.5. The molecule has 2 N–H and O–H groups in total. The minimum Gasteiger partial charge on any atom is -0.479 e. The standard InChI is InChI=1S/C13H13N3O3/c17-12(18)13(5-6-19-8-13)15-11-7-14-16-10-4-2-1-3-9(10)11/h1-4,7H,5-6,8H2,(H,15,16)(H,17,18). The van der Waals surface area contributed by atoms with Gasteiger partial charge in [0.2, 0.25) is 0 Å². The van der Waals surface area contributed by atoms with Gasteiger partial charge in [0.05, 0.1) is 24.0 Å². The summed E-state index contributed by atoms with van der Waals surface area (Å²) in [4.78, 5) is 11.5. The fourth-order valence-electron chi connectivity index (χ4n) is 2.25. The molecular weight excluding hydrogens is 246 g/mol. The molecule has 1 unspecified atom stereocenters. The topological polar surface area (TPSA) is 84.3 Å². The highest BCUT2D eigenvalue weighted by Gasteiger charge is 2.42. The second-order valence-corrected chi connectivity index (χ2v) is 4.59. The van der Waals surface area contributed by atoms with Crippen molar-refractivity contribution in [2.45, 2.75) is 12.0 Å². The van der Waals surface area contributed by atoms with Gasteiger partial charge in [-0.2, -0.15) is 10.2 Å². The average Bonchev–Trinajstić information content (AvgIpc) is 2.89. The molecule has 2 heterocycles. The Hall–Kier alpha value is -2.21. The molecular formula is C13H13N3O3. The molecule has 19 heavy (non-hydrogen) atoms. The monoisotopic (exact) mass is 259 g/mol. The van der Waals surface area contributed by atoms with Crippen LogP contribution in [0.3, 0.4) is 0 Å². The van der Waals surface area contributed by atoms with Gasteiger partial charge < -0.3 is 15.2 Å². The lowest BCUT2D eigenvalue weighted by Gasteiger charge is -2.25. The number of anilines is 1. The van der Waals surface area contributed by atoms with E-state index in [0.29, 0.717) is 18.7 Å². The minimum atomic E-state index is -1.08. The van der Waals surface area contributed by atoms with Crippen LogP contribution in [0.1, 0.15) is 6.42 Å². The Balaban J connectivity index is 2.03. The Morgan fingerprint density at radius 2 is 2.26 bits per heavy atom. The number of fused-ring (bicyclic) bond motifs is 1. The summed E-state index contributed by atoms with van der Waals surface area (Å²) < 4.78 is 5.23. The van der Waals surface area contributed by atoms with Crippen LogP contribution in [0.4, 0.5) is 5.69 Å².